The highest BCUT2D eigenvalue weighted by Gasteiger charge is 2.17. The van der Waals surface area contributed by atoms with E-state index in [1.807, 2.05) is 43.8 Å². The summed E-state index contributed by atoms with van der Waals surface area (Å²) >= 11 is 0. The third-order valence-electron chi connectivity index (χ3n) is 5.29. The molecule has 5 rings (SSSR count). The Labute approximate surface area is 169 Å². The Morgan fingerprint density at radius 3 is 2.69 bits per heavy atom. The Hall–Kier alpha value is -3.48. The summed E-state index contributed by atoms with van der Waals surface area (Å²) in [5.41, 5.74) is 1.94. The molecule has 1 N–H and O–H groups in total. The van der Waals surface area contributed by atoms with Gasteiger partial charge >= 0.3 is 0 Å². The summed E-state index contributed by atoms with van der Waals surface area (Å²) in [6.07, 6.45) is 11.2. The normalized spacial score (nSPS) is 14.3. The Morgan fingerprint density at radius 2 is 1.86 bits per heavy atom. The molecule has 0 unspecified atom stereocenters. The molecular weight excluding hydrogens is 362 g/mol. The zero-order valence-corrected chi connectivity index (χ0v) is 16.4. The molecule has 146 valence electrons. The summed E-state index contributed by atoms with van der Waals surface area (Å²) in [7, 11) is 1.89. The Morgan fingerprint density at radius 1 is 0.966 bits per heavy atom. The van der Waals surface area contributed by atoms with E-state index in [1.165, 1.54) is 19.3 Å². The van der Waals surface area contributed by atoms with Crippen LogP contribution in [0.2, 0.25) is 0 Å². The fourth-order valence-corrected chi connectivity index (χ4v) is 3.85. The summed E-state index contributed by atoms with van der Waals surface area (Å²) in [6, 6.07) is 10.1. The molecule has 4 aromatic rings. The number of piperidine rings is 1. The van der Waals surface area contributed by atoms with Gasteiger partial charge in [-0.2, -0.15) is 5.10 Å². The van der Waals surface area contributed by atoms with Crippen LogP contribution in [0.5, 0.6) is 0 Å². The van der Waals surface area contributed by atoms with Crippen molar-refractivity contribution in [1.29, 1.82) is 0 Å². The van der Waals surface area contributed by atoms with Crippen LogP contribution in [-0.2, 0) is 7.05 Å². The predicted molar refractivity (Wildman–Crippen MR) is 115 cm³/mol. The lowest BCUT2D eigenvalue weighted by Gasteiger charge is -2.29. The van der Waals surface area contributed by atoms with Gasteiger partial charge in [0.25, 0.3) is 0 Å². The summed E-state index contributed by atoms with van der Waals surface area (Å²) in [4.78, 5) is 16.2. The second kappa shape index (κ2) is 7.50. The van der Waals surface area contributed by atoms with Gasteiger partial charge in [0.2, 0.25) is 0 Å². The fourth-order valence-electron chi connectivity index (χ4n) is 3.85. The van der Waals surface area contributed by atoms with E-state index in [9.17, 15) is 0 Å². The molecule has 0 bridgehead atoms. The lowest BCUT2D eigenvalue weighted by atomic mass is 10.1. The van der Waals surface area contributed by atoms with E-state index < -0.39 is 0 Å². The predicted octanol–water partition coefficient (Wildman–Crippen LogP) is 4.16. The van der Waals surface area contributed by atoms with Gasteiger partial charge in [0.15, 0.2) is 5.82 Å². The van der Waals surface area contributed by atoms with Crippen molar-refractivity contribution < 1.29 is 0 Å². The van der Waals surface area contributed by atoms with Crippen LogP contribution in [0.15, 0.2) is 55.1 Å². The standard InChI is InChI=1S/C22H23N7/c1-28-12-7-20(27-28)26-21-14-16(5-9-24-21)19-13-17-15-23-8-6-18(17)22(25-19)29-10-3-2-4-11-29/h5-9,12-15H,2-4,10-11H2,1H3,(H,24,26,27). The molecule has 5 heterocycles. The average Bonchev–Trinajstić information content (AvgIpc) is 3.18. The largest absolute Gasteiger partial charge is 0.356 e. The van der Waals surface area contributed by atoms with Crippen LogP contribution in [0.1, 0.15) is 19.3 Å². The van der Waals surface area contributed by atoms with Crippen LogP contribution in [-0.4, -0.2) is 37.8 Å². The smallest absolute Gasteiger partial charge is 0.153 e. The summed E-state index contributed by atoms with van der Waals surface area (Å²) in [6.45, 7) is 2.10. The van der Waals surface area contributed by atoms with Crippen molar-refractivity contribution >= 4 is 28.2 Å². The maximum atomic E-state index is 5.07. The summed E-state index contributed by atoms with van der Waals surface area (Å²) in [5, 5.41) is 9.88. The van der Waals surface area contributed by atoms with Crippen molar-refractivity contribution in [3.05, 3.63) is 55.1 Å². The Bertz CT molecular complexity index is 1140. The SMILES string of the molecule is Cn1ccc(Nc2cc(-c3cc4cnccc4c(N4CCCCC4)n3)ccn2)n1. The van der Waals surface area contributed by atoms with Gasteiger partial charge in [-0.3, -0.25) is 9.67 Å². The van der Waals surface area contributed by atoms with Crippen LogP contribution in [0.3, 0.4) is 0 Å². The maximum Gasteiger partial charge on any atom is 0.153 e. The third kappa shape index (κ3) is 3.63. The number of rotatable bonds is 4. The van der Waals surface area contributed by atoms with Gasteiger partial charge in [0.1, 0.15) is 11.6 Å². The minimum Gasteiger partial charge on any atom is -0.356 e. The van der Waals surface area contributed by atoms with E-state index in [1.54, 1.807) is 10.9 Å². The maximum absolute atomic E-state index is 5.07. The lowest BCUT2D eigenvalue weighted by Crippen LogP contribution is -2.30. The molecule has 1 aliphatic heterocycles. The summed E-state index contributed by atoms with van der Waals surface area (Å²) in [5.74, 6) is 2.56. The first-order chi connectivity index (χ1) is 14.3. The minimum atomic E-state index is 0.744. The molecule has 0 amide bonds. The molecule has 0 spiro atoms. The van der Waals surface area contributed by atoms with Crippen molar-refractivity contribution in [3.8, 4) is 11.3 Å². The Kier molecular flexibility index (Phi) is 4.56. The molecule has 1 aliphatic rings. The second-order valence-electron chi connectivity index (χ2n) is 7.41. The number of aromatic nitrogens is 5. The zero-order chi connectivity index (χ0) is 19.6. The van der Waals surface area contributed by atoms with E-state index in [0.29, 0.717) is 0 Å². The molecule has 1 saturated heterocycles. The first kappa shape index (κ1) is 17.6. The van der Waals surface area contributed by atoms with Crippen molar-refractivity contribution in [2.24, 2.45) is 7.05 Å². The number of nitrogens with one attached hydrogen (secondary N) is 1. The zero-order valence-electron chi connectivity index (χ0n) is 16.4. The highest BCUT2D eigenvalue weighted by molar-refractivity contribution is 5.94. The molecule has 0 saturated carbocycles. The molecule has 4 aromatic heterocycles. The number of hydrogen-bond donors (Lipinski definition) is 1. The number of fused-ring (bicyclic) bond motifs is 1. The first-order valence-corrected chi connectivity index (χ1v) is 9.99. The monoisotopic (exact) mass is 385 g/mol. The number of anilines is 3. The average molecular weight is 385 g/mol. The first-order valence-electron chi connectivity index (χ1n) is 9.99. The highest BCUT2D eigenvalue weighted by Crippen LogP contribution is 2.31. The van der Waals surface area contributed by atoms with Gasteiger partial charge in [0, 0.05) is 67.3 Å². The van der Waals surface area contributed by atoms with Crippen molar-refractivity contribution in [2.45, 2.75) is 19.3 Å². The number of aryl methyl sites for hydroxylation is 1. The van der Waals surface area contributed by atoms with Gasteiger partial charge in [-0.05, 0) is 43.5 Å². The number of hydrogen-bond acceptors (Lipinski definition) is 6. The van der Waals surface area contributed by atoms with Gasteiger partial charge in [-0.25, -0.2) is 9.97 Å². The molecule has 29 heavy (non-hydrogen) atoms. The van der Waals surface area contributed by atoms with Gasteiger partial charge in [-0.1, -0.05) is 0 Å². The quantitative estimate of drug-likeness (QED) is 0.569. The van der Waals surface area contributed by atoms with Crippen molar-refractivity contribution in [2.75, 3.05) is 23.3 Å². The van der Waals surface area contributed by atoms with E-state index in [2.05, 4.69) is 37.4 Å². The van der Waals surface area contributed by atoms with E-state index in [4.69, 9.17) is 4.98 Å². The number of pyridine rings is 3. The van der Waals surface area contributed by atoms with Crippen LogP contribution < -0.4 is 10.2 Å². The van der Waals surface area contributed by atoms with Crippen LogP contribution in [0, 0.1) is 0 Å². The van der Waals surface area contributed by atoms with Gasteiger partial charge in [0.05, 0.1) is 5.69 Å². The third-order valence-corrected chi connectivity index (χ3v) is 5.29. The van der Waals surface area contributed by atoms with E-state index in [0.717, 1.165) is 52.6 Å². The topological polar surface area (TPSA) is 71.8 Å². The molecular formula is C22H23N7. The molecule has 7 heteroatoms. The van der Waals surface area contributed by atoms with Crippen LogP contribution >= 0.6 is 0 Å². The molecule has 0 aliphatic carbocycles. The minimum absolute atomic E-state index is 0.744. The van der Waals surface area contributed by atoms with Crippen molar-refractivity contribution in [1.82, 2.24) is 24.7 Å². The molecule has 0 aromatic carbocycles. The van der Waals surface area contributed by atoms with E-state index in [-0.39, 0.29) is 0 Å². The van der Waals surface area contributed by atoms with Crippen LogP contribution in [0.4, 0.5) is 17.5 Å². The molecule has 1 fully saturated rings. The van der Waals surface area contributed by atoms with Gasteiger partial charge < -0.3 is 10.2 Å². The van der Waals surface area contributed by atoms with Gasteiger partial charge in [-0.15, -0.1) is 0 Å². The van der Waals surface area contributed by atoms with Crippen molar-refractivity contribution in [3.63, 3.8) is 0 Å². The van der Waals surface area contributed by atoms with E-state index >= 15 is 0 Å². The summed E-state index contributed by atoms with van der Waals surface area (Å²) < 4.78 is 1.76. The number of nitrogens with zero attached hydrogens (tertiary/aromatic N) is 6. The van der Waals surface area contributed by atoms with Crippen LogP contribution in [0.25, 0.3) is 22.0 Å². The fraction of sp³-hybridized carbons (Fsp3) is 0.273. The second-order valence-corrected chi connectivity index (χ2v) is 7.41. The highest BCUT2D eigenvalue weighted by atomic mass is 15.3. The molecule has 0 atom stereocenters. The molecule has 7 nitrogen and oxygen atoms in total. The Balaban J connectivity index is 1.55. The molecule has 0 radical (unpaired) electrons. The lowest BCUT2D eigenvalue weighted by molar-refractivity contribution is 0.575.